The maximum atomic E-state index is 12.0. The second-order valence-corrected chi connectivity index (χ2v) is 7.21. The number of amides is 1. The molecule has 1 aromatic carbocycles. The van der Waals surface area contributed by atoms with Crippen molar-refractivity contribution in [3.8, 4) is 0 Å². The molecule has 0 radical (unpaired) electrons. The van der Waals surface area contributed by atoms with Gasteiger partial charge in [0.15, 0.2) is 5.96 Å². The number of benzene rings is 1. The van der Waals surface area contributed by atoms with Crippen LogP contribution in [0.4, 0.5) is 5.69 Å². The van der Waals surface area contributed by atoms with Gasteiger partial charge in [0.2, 0.25) is 5.91 Å². The standard InChI is InChI=1S/C18H25BrN4O3/c1-12-10-23(11-15(12)17(25)26-3)18(20-2)21-9-8-16(24)22-14-6-4-13(19)5-7-14/h4-7,12,15H,8-11H2,1-3H3,(H,20,21)(H,22,24). The third kappa shape index (κ3) is 5.45. The van der Waals surface area contributed by atoms with Crippen LogP contribution in [0.25, 0.3) is 0 Å². The third-order valence-corrected chi connectivity index (χ3v) is 4.92. The molecule has 1 amide bonds. The summed E-state index contributed by atoms with van der Waals surface area (Å²) in [4.78, 5) is 30.1. The van der Waals surface area contributed by atoms with Gasteiger partial charge in [-0.05, 0) is 30.2 Å². The zero-order valence-corrected chi connectivity index (χ0v) is 16.9. The van der Waals surface area contributed by atoms with E-state index >= 15 is 0 Å². The topological polar surface area (TPSA) is 83.0 Å². The molecule has 0 aromatic heterocycles. The van der Waals surface area contributed by atoms with E-state index < -0.39 is 0 Å². The van der Waals surface area contributed by atoms with Gasteiger partial charge in [0.25, 0.3) is 0 Å². The van der Waals surface area contributed by atoms with Crippen LogP contribution < -0.4 is 10.6 Å². The highest BCUT2D eigenvalue weighted by atomic mass is 79.9. The van der Waals surface area contributed by atoms with Gasteiger partial charge in [-0.15, -0.1) is 0 Å². The van der Waals surface area contributed by atoms with Crippen LogP contribution in [0.15, 0.2) is 33.7 Å². The van der Waals surface area contributed by atoms with Crippen molar-refractivity contribution in [2.75, 3.05) is 39.1 Å². The predicted octanol–water partition coefficient (Wildman–Crippen LogP) is 2.09. The number of likely N-dealkylation sites (tertiary alicyclic amines) is 1. The molecule has 1 fully saturated rings. The minimum absolute atomic E-state index is 0.0718. The van der Waals surface area contributed by atoms with Crippen molar-refractivity contribution in [1.29, 1.82) is 0 Å². The Labute approximate surface area is 162 Å². The van der Waals surface area contributed by atoms with Crippen molar-refractivity contribution in [3.63, 3.8) is 0 Å². The SMILES string of the molecule is CN=C(NCCC(=O)Nc1ccc(Br)cc1)N1CC(C)C(C(=O)OC)C1. The zero-order valence-electron chi connectivity index (χ0n) is 15.3. The van der Waals surface area contributed by atoms with Crippen LogP contribution in [0.1, 0.15) is 13.3 Å². The molecule has 0 aliphatic carbocycles. The smallest absolute Gasteiger partial charge is 0.310 e. The zero-order chi connectivity index (χ0) is 19.1. The number of halogens is 1. The fourth-order valence-corrected chi connectivity index (χ4v) is 3.24. The summed E-state index contributed by atoms with van der Waals surface area (Å²) in [5.41, 5.74) is 0.761. The van der Waals surface area contributed by atoms with Crippen molar-refractivity contribution >= 4 is 39.5 Å². The molecule has 26 heavy (non-hydrogen) atoms. The number of esters is 1. The lowest BCUT2D eigenvalue weighted by Gasteiger charge is -2.21. The molecule has 0 saturated carbocycles. The number of nitrogens with one attached hydrogen (secondary N) is 2. The largest absolute Gasteiger partial charge is 0.469 e. The Kier molecular flexibility index (Phi) is 7.44. The molecule has 2 atom stereocenters. The molecule has 0 bridgehead atoms. The van der Waals surface area contributed by atoms with Crippen LogP contribution in [-0.4, -0.2) is 56.5 Å². The van der Waals surface area contributed by atoms with Gasteiger partial charge in [0.05, 0.1) is 13.0 Å². The van der Waals surface area contributed by atoms with Crippen LogP contribution in [0.5, 0.6) is 0 Å². The van der Waals surface area contributed by atoms with E-state index in [0.717, 1.165) is 16.7 Å². The number of methoxy groups -OCH3 is 1. The minimum atomic E-state index is -0.190. The van der Waals surface area contributed by atoms with Crippen molar-refractivity contribution in [1.82, 2.24) is 10.2 Å². The van der Waals surface area contributed by atoms with Crippen LogP contribution in [0, 0.1) is 11.8 Å². The summed E-state index contributed by atoms with van der Waals surface area (Å²) in [6.07, 6.45) is 0.318. The average Bonchev–Trinajstić information content (AvgIpc) is 3.01. The average molecular weight is 425 g/mol. The maximum Gasteiger partial charge on any atom is 0.310 e. The Morgan fingerprint density at radius 3 is 2.62 bits per heavy atom. The Hall–Kier alpha value is -2.09. The highest BCUT2D eigenvalue weighted by Gasteiger charge is 2.36. The fourth-order valence-electron chi connectivity index (χ4n) is 2.97. The Morgan fingerprint density at radius 1 is 1.31 bits per heavy atom. The molecule has 0 spiro atoms. The molecule has 1 aliphatic heterocycles. The Morgan fingerprint density at radius 2 is 2.00 bits per heavy atom. The Balaban J connectivity index is 1.79. The minimum Gasteiger partial charge on any atom is -0.469 e. The summed E-state index contributed by atoms with van der Waals surface area (Å²) in [5, 5.41) is 6.04. The molecule has 1 aromatic rings. The number of anilines is 1. The summed E-state index contributed by atoms with van der Waals surface area (Å²) in [6.45, 7) is 3.78. The molecule has 8 heteroatoms. The normalized spacial score (nSPS) is 20.0. The number of hydrogen-bond acceptors (Lipinski definition) is 4. The monoisotopic (exact) mass is 424 g/mol. The van der Waals surface area contributed by atoms with Gasteiger partial charge in [-0.3, -0.25) is 14.6 Å². The van der Waals surface area contributed by atoms with Gasteiger partial charge in [-0.2, -0.15) is 0 Å². The number of aliphatic imine (C=N–C) groups is 1. The third-order valence-electron chi connectivity index (χ3n) is 4.39. The van der Waals surface area contributed by atoms with Crippen molar-refractivity contribution in [2.24, 2.45) is 16.8 Å². The quantitative estimate of drug-likeness (QED) is 0.429. The summed E-state index contributed by atoms with van der Waals surface area (Å²) in [7, 11) is 3.11. The van der Waals surface area contributed by atoms with Crippen LogP contribution >= 0.6 is 15.9 Å². The van der Waals surface area contributed by atoms with E-state index in [9.17, 15) is 9.59 Å². The number of ether oxygens (including phenoxy) is 1. The van der Waals surface area contributed by atoms with E-state index in [2.05, 4.69) is 31.6 Å². The van der Waals surface area contributed by atoms with E-state index in [1.54, 1.807) is 7.05 Å². The lowest BCUT2D eigenvalue weighted by Crippen LogP contribution is -2.41. The van der Waals surface area contributed by atoms with Crippen LogP contribution in [-0.2, 0) is 14.3 Å². The first-order chi connectivity index (χ1) is 12.4. The first kappa shape index (κ1) is 20.2. The Bertz CT molecular complexity index is 663. The molecule has 2 unspecified atom stereocenters. The van der Waals surface area contributed by atoms with Crippen LogP contribution in [0.2, 0.25) is 0 Å². The lowest BCUT2D eigenvalue weighted by atomic mass is 9.99. The van der Waals surface area contributed by atoms with Gasteiger partial charge >= 0.3 is 5.97 Å². The molecular weight excluding hydrogens is 400 g/mol. The number of carbonyl (C=O) groups excluding carboxylic acids is 2. The molecule has 2 N–H and O–H groups in total. The van der Waals surface area contributed by atoms with Gasteiger partial charge in [0, 0.05) is 43.3 Å². The summed E-state index contributed by atoms with van der Waals surface area (Å²) >= 11 is 3.36. The van der Waals surface area contributed by atoms with Gasteiger partial charge in [-0.1, -0.05) is 22.9 Å². The van der Waals surface area contributed by atoms with Crippen molar-refractivity contribution < 1.29 is 14.3 Å². The van der Waals surface area contributed by atoms with E-state index in [4.69, 9.17) is 4.74 Å². The second kappa shape index (κ2) is 9.56. The summed E-state index contributed by atoms with van der Waals surface area (Å²) < 4.78 is 5.83. The molecule has 7 nitrogen and oxygen atoms in total. The van der Waals surface area contributed by atoms with Gasteiger partial charge in [-0.25, -0.2) is 0 Å². The first-order valence-corrected chi connectivity index (χ1v) is 9.32. The fraction of sp³-hybridized carbons (Fsp3) is 0.500. The lowest BCUT2D eigenvalue weighted by molar-refractivity contribution is -0.146. The van der Waals surface area contributed by atoms with E-state index in [1.165, 1.54) is 7.11 Å². The number of carbonyl (C=O) groups is 2. The number of hydrogen-bond donors (Lipinski definition) is 2. The molecule has 1 heterocycles. The summed E-state index contributed by atoms with van der Waals surface area (Å²) in [5.74, 6) is 0.475. The van der Waals surface area contributed by atoms with E-state index in [0.29, 0.717) is 25.5 Å². The second-order valence-electron chi connectivity index (χ2n) is 6.29. The number of rotatable bonds is 5. The maximum absolute atomic E-state index is 12.0. The number of guanidine groups is 1. The first-order valence-electron chi connectivity index (χ1n) is 8.53. The summed E-state index contributed by atoms with van der Waals surface area (Å²) in [6, 6.07) is 7.43. The van der Waals surface area contributed by atoms with Gasteiger partial charge < -0.3 is 20.3 Å². The van der Waals surface area contributed by atoms with E-state index in [1.807, 2.05) is 36.1 Å². The molecule has 1 saturated heterocycles. The molecule has 1 aliphatic rings. The van der Waals surface area contributed by atoms with Crippen molar-refractivity contribution in [3.05, 3.63) is 28.7 Å². The highest BCUT2D eigenvalue weighted by molar-refractivity contribution is 9.10. The predicted molar refractivity (Wildman–Crippen MR) is 105 cm³/mol. The van der Waals surface area contributed by atoms with Crippen molar-refractivity contribution in [2.45, 2.75) is 13.3 Å². The van der Waals surface area contributed by atoms with Crippen LogP contribution in [0.3, 0.4) is 0 Å². The van der Waals surface area contributed by atoms with E-state index in [-0.39, 0.29) is 23.7 Å². The highest BCUT2D eigenvalue weighted by Crippen LogP contribution is 2.24. The molecule has 2 rings (SSSR count). The number of nitrogens with zero attached hydrogens (tertiary/aromatic N) is 2. The van der Waals surface area contributed by atoms with Gasteiger partial charge in [0.1, 0.15) is 0 Å². The molecular formula is C18H25BrN4O3. The molecule has 142 valence electrons.